The number of para-hydroxylation sites is 1. The third-order valence-corrected chi connectivity index (χ3v) is 11.3. The Morgan fingerprint density at radius 1 is 0.771 bits per heavy atom. The highest BCUT2D eigenvalue weighted by Crippen LogP contribution is 2.45. The summed E-state index contributed by atoms with van der Waals surface area (Å²) in [5.41, 5.74) is 9.33. The van der Waals surface area contributed by atoms with Gasteiger partial charge in [0.15, 0.2) is 0 Å². The standard InChI is InChI=1S/C44H34N2S2/c1-3-33(46(34-16-8-5-9-17-34)35-26-23-32(24-27-35)31-14-6-4-7-15-31)25-22-30(2)36-28-29-38(44-45-39-19-11-13-21-41(39)48-44)42-37-18-10-12-20-40(37)47-43(36)42/h3-16,18-29,34H,1,17H2,2H3/b30-22+,33-25+. The van der Waals surface area contributed by atoms with Crippen LogP contribution in [0.2, 0.25) is 0 Å². The molecule has 1 unspecified atom stereocenters. The molecule has 0 fully saturated rings. The molecule has 0 radical (unpaired) electrons. The van der Waals surface area contributed by atoms with Crippen LogP contribution in [0.4, 0.5) is 5.69 Å². The van der Waals surface area contributed by atoms with Gasteiger partial charge < -0.3 is 4.90 Å². The highest BCUT2D eigenvalue weighted by atomic mass is 32.1. The van der Waals surface area contributed by atoms with Crippen LogP contribution in [0.3, 0.4) is 0 Å². The van der Waals surface area contributed by atoms with Gasteiger partial charge in [-0.3, -0.25) is 0 Å². The zero-order valence-corrected chi connectivity index (χ0v) is 28.3. The van der Waals surface area contributed by atoms with Crippen molar-refractivity contribution in [2.24, 2.45) is 0 Å². The third kappa shape index (κ3) is 5.64. The molecular weight excluding hydrogens is 621 g/mol. The smallest absolute Gasteiger partial charge is 0.125 e. The van der Waals surface area contributed by atoms with Crippen LogP contribution < -0.4 is 4.90 Å². The molecule has 7 aromatic rings. The van der Waals surface area contributed by atoms with Crippen molar-refractivity contribution >= 4 is 64.3 Å². The van der Waals surface area contributed by atoms with E-state index < -0.39 is 0 Å². The Morgan fingerprint density at radius 3 is 2.29 bits per heavy atom. The molecule has 0 amide bonds. The first-order chi connectivity index (χ1) is 23.7. The lowest BCUT2D eigenvalue weighted by atomic mass is 9.99. The largest absolute Gasteiger partial charge is 0.334 e. The second kappa shape index (κ2) is 13.1. The first kappa shape index (κ1) is 30.1. The van der Waals surface area contributed by atoms with Crippen LogP contribution in [-0.2, 0) is 0 Å². The number of anilines is 1. The van der Waals surface area contributed by atoms with Gasteiger partial charge in [-0.2, -0.15) is 0 Å². The number of aromatic nitrogens is 1. The quantitative estimate of drug-likeness (QED) is 0.152. The van der Waals surface area contributed by atoms with Crippen molar-refractivity contribution in [2.75, 3.05) is 4.90 Å². The summed E-state index contributed by atoms with van der Waals surface area (Å²) in [4.78, 5) is 7.45. The molecule has 48 heavy (non-hydrogen) atoms. The van der Waals surface area contributed by atoms with Gasteiger partial charge in [-0.15, -0.1) is 22.7 Å². The maximum atomic E-state index is 5.05. The number of allylic oxidation sites excluding steroid dienone is 6. The lowest BCUT2D eigenvalue weighted by Crippen LogP contribution is -2.33. The molecule has 1 atom stereocenters. The van der Waals surface area contributed by atoms with Gasteiger partial charge >= 0.3 is 0 Å². The van der Waals surface area contributed by atoms with Crippen molar-refractivity contribution in [3.63, 3.8) is 0 Å². The van der Waals surface area contributed by atoms with E-state index in [0.717, 1.165) is 28.3 Å². The average molecular weight is 655 g/mol. The summed E-state index contributed by atoms with van der Waals surface area (Å²) in [5.74, 6) is 0. The highest BCUT2D eigenvalue weighted by Gasteiger charge is 2.20. The van der Waals surface area contributed by atoms with Gasteiger partial charge in [0.25, 0.3) is 0 Å². The Labute approximate surface area is 289 Å². The van der Waals surface area contributed by atoms with Crippen LogP contribution in [-0.4, -0.2) is 11.0 Å². The first-order valence-corrected chi connectivity index (χ1v) is 17.9. The summed E-state index contributed by atoms with van der Waals surface area (Å²) in [7, 11) is 0. The van der Waals surface area contributed by atoms with Crippen molar-refractivity contribution in [2.45, 2.75) is 19.4 Å². The fraction of sp³-hybridized carbons (Fsp3) is 0.0682. The minimum absolute atomic E-state index is 0.193. The summed E-state index contributed by atoms with van der Waals surface area (Å²) < 4.78 is 3.80. The van der Waals surface area contributed by atoms with E-state index in [2.05, 4.69) is 170 Å². The maximum absolute atomic E-state index is 5.05. The SMILES string of the molecule is C=C/C(=C\C=C(/C)c1ccc(-c2nc3ccccc3s2)c2c1sc1ccccc12)N(c1ccc(-c2ccccc2)cc1)C1C=CC=CC1. The second-order valence-corrected chi connectivity index (χ2v) is 14.1. The van der Waals surface area contributed by atoms with Gasteiger partial charge in [0, 0.05) is 37.1 Å². The van der Waals surface area contributed by atoms with Gasteiger partial charge in [0.2, 0.25) is 0 Å². The lowest BCUT2D eigenvalue weighted by molar-refractivity contribution is 0.763. The third-order valence-electron chi connectivity index (χ3n) is 9.01. The molecule has 0 aliphatic heterocycles. The van der Waals surface area contributed by atoms with Crippen LogP contribution in [0.15, 0.2) is 170 Å². The van der Waals surface area contributed by atoms with E-state index in [1.165, 1.54) is 52.7 Å². The number of rotatable bonds is 8. The maximum Gasteiger partial charge on any atom is 0.125 e. The molecule has 4 heteroatoms. The summed E-state index contributed by atoms with van der Waals surface area (Å²) in [5, 5.41) is 3.63. The van der Waals surface area contributed by atoms with Crippen molar-refractivity contribution in [1.29, 1.82) is 0 Å². The minimum Gasteiger partial charge on any atom is -0.334 e. The summed E-state index contributed by atoms with van der Waals surface area (Å²) in [6.45, 7) is 6.49. The van der Waals surface area contributed by atoms with E-state index in [9.17, 15) is 0 Å². The zero-order chi connectivity index (χ0) is 32.5. The molecule has 232 valence electrons. The van der Waals surface area contributed by atoms with E-state index in [1.807, 2.05) is 17.4 Å². The van der Waals surface area contributed by atoms with Crippen LogP contribution in [0, 0.1) is 0 Å². The van der Waals surface area contributed by atoms with E-state index in [0.29, 0.717) is 0 Å². The topological polar surface area (TPSA) is 16.1 Å². The second-order valence-electron chi connectivity index (χ2n) is 12.0. The molecule has 8 rings (SSSR count). The lowest BCUT2D eigenvalue weighted by Gasteiger charge is -2.33. The van der Waals surface area contributed by atoms with E-state index in [-0.39, 0.29) is 6.04 Å². The number of hydrogen-bond acceptors (Lipinski definition) is 4. The first-order valence-electron chi connectivity index (χ1n) is 16.3. The highest BCUT2D eigenvalue weighted by molar-refractivity contribution is 7.26. The molecule has 0 N–H and O–H groups in total. The fourth-order valence-electron chi connectivity index (χ4n) is 6.59. The minimum atomic E-state index is 0.193. The summed E-state index contributed by atoms with van der Waals surface area (Å²) in [6, 6.07) is 41.3. The van der Waals surface area contributed by atoms with Gasteiger partial charge in [0.1, 0.15) is 5.01 Å². The number of nitrogens with zero attached hydrogens (tertiary/aromatic N) is 2. The molecule has 0 bridgehead atoms. The van der Waals surface area contributed by atoms with E-state index in [4.69, 9.17) is 4.98 Å². The normalized spacial score (nSPS) is 15.1. The number of thiophene rings is 1. The number of fused-ring (bicyclic) bond motifs is 4. The van der Waals surface area contributed by atoms with Crippen LogP contribution in [0.1, 0.15) is 18.9 Å². The Morgan fingerprint density at radius 2 is 1.52 bits per heavy atom. The Hall–Kier alpha value is -5.29. The van der Waals surface area contributed by atoms with Crippen molar-refractivity contribution in [3.8, 4) is 21.7 Å². The molecule has 2 aromatic heterocycles. The number of thiazole rings is 1. The molecule has 2 nitrogen and oxygen atoms in total. The molecule has 0 saturated heterocycles. The molecule has 1 aliphatic carbocycles. The van der Waals surface area contributed by atoms with Crippen LogP contribution in [0.5, 0.6) is 0 Å². The molecule has 1 aliphatic rings. The van der Waals surface area contributed by atoms with Gasteiger partial charge in [-0.1, -0.05) is 122 Å². The predicted molar refractivity (Wildman–Crippen MR) is 211 cm³/mol. The Bertz CT molecular complexity index is 2370. The fourth-order valence-corrected chi connectivity index (χ4v) is 8.89. The Kier molecular flexibility index (Phi) is 8.19. The van der Waals surface area contributed by atoms with Crippen LogP contribution >= 0.6 is 22.7 Å². The number of hydrogen-bond donors (Lipinski definition) is 0. The Balaban J connectivity index is 1.21. The number of benzene rings is 5. The average Bonchev–Trinajstić information content (AvgIpc) is 3.76. The molecule has 5 aromatic carbocycles. The molecule has 0 saturated carbocycles. The monoisotopic (exact) mass is 654 g/mol. The molecular formula is C44H34N2S2. The van der Waals surface area contributed by atoms with Crippen molar-refractivity contribution in [1.82, 2.24) is 4.98 Å². The van der Waals surface area contributed by atoms with E-state index in [1.54, 1.807) is 11.3 Å². The van der Waals surface area contributed by atoms with Gasteiger partial charge in [-0.25, -0.2) is 4.98 Å². The van der Waals surface area contributed by atoms with Crippen molar-refractivity contribution in [3.05, 3.63) is 176 Å². The summed E-state index contributed by atoms with van der Waals surface area (Å²) in [6.07, 6.45) is 16.2. The summed E-state index contributed by atoms with van der Waals surface area (Å²) >= 11 is 3.63. The van der Waals surface area contributed by atoms with E-state index >= 15 is 0 Å². The molecule has 0 spiro atoms. The van der Waals surface area contributed by atoms with Gasteiger partial charge in [-0.05, 0) is 78.1 Å². The van der Waals surface area contributed by atoms with Crippen molar-refractivity contribution < 1.29 is 0 Å². The van der Waals surface area contributed by atoms with Crippen LogP contribution in [0.25, 0.3) is 57.7 Å². The predicted octanol–water partition coefficient (Wildman–Crippen LogP) is 12.9. The molecule has 2 heterocycles. The van der Waals surface area contributed by atoms with Gasteiger partial charge in [0.05, 0.1) is 16.3 Å². The zero-order valence-electron chi connectivity index (χ0n) is 26.7.